The summed E-state index contributed by atoms with van der Waals surface area (Å²) < 4.78 is 7.25. The first-order chi connectivity index (χ1) is 7.19. The summed E-state index contributed by atoms with van der Waals surface area (Å²) in [5.74, 6) is 0.503. The van der Waals surface area contributed by atoms with Crippen LogP contribution in [0.1, 0.15) is 5.56 Å². The molecule has 0 aromatic carbocycles. The van der Waals surface area contributed by atoms with Gasteiger partial charge in [-0.05, 0) is 22.0 Å². The van der Waals surface area contributed by atoms with Gasteiger partial charge < -0.3 is 4.74 Å². The van der Waals surface area contributed by atoms with Gasteiger partial charge in [-0.1, -0.05) is 11.6 Å². The van der Waals surface area contributed by atoms with Crippen LogP contribution in [0.2, 0.25) is 5.15 Å². The number of fused-ring (bicyclic) bond motifs is 1. The quantitative estimate of drug-likeness (QED) is 0.757. The number of hydrogen-bond donors (Lipinski definition) is 0. The maximum absolute atomic E-state index is 8.87. The van der Waals surface area contributed by atoms with E-state index < -0.39 is 0 Å². The van der Waals surface area contributed by atoms with Crippen molar-refractivity contribution in [1.82, 2.24) is 9.61 Å². The fourth-order valence-electron chi connectivity index (χ4n) is 1.30. The maximum atomic E-state index is 8.87. The molecule has 2 aromatic heterocycles. The first kappa shape index (κ1) is 10.3. The van der Waals surface area contributed by atoms with E-state index in [-0.39, 0.29) is 0 Å². The van der Waals surface area contributed by atoms with Gasteiger partial charge >= 0.3 is 0 Å². The second kappa shape index (κ2) is 3.72. The van der Waals surface area contributed by atoms with E-state index in [1.54, 1.807) is 6.07 Å². The molecule has 0 spiro atoms. The minimum atomic E-state index is 0.345. The Morgan fingerprint density at radius 3 is 3.00 bits per heavy atom. The zero-order valence-corrected chi connectivity index (χ0v) is 10.0. The molecule has 0 aliphatic rings. The van der Waals surface area contributed by atoms with Gasteiger partial charge in [-0.3, -0.25) is 0 Å². The Morgan fingerprint density at radius 1 is 1.67 bits per heavy atom. The second-order valence-electron chi connectivity index (χ2n) is 2.78. The molecule has 0 saturated carbocycles. The van der Waals surface area contributed by atoms with Crippen molar-refractivity contribution in [3.05, 3.63) is 27.5 Å². The minimum absolute atomic E-state index is 0.345. The molecule has 76 valence electrons. The number of nitrogens with zero attached hydrogens (tertiary/aromatic N) is 3. The number of aromatic nitrogens is 2. The Morgan fingerprint density at radius 2 is 2.40 bits per heavy atom. The average Bonchev–Trinajstić information content (AvgIpc) is 2.67. The summed E-state index contributed by atoms with van der Waals surface area (Å²) in [6.07, 6.45) is 1.46. The summed E-state index contributed by atoms with van der Waals surface area (Å²) in [6, 6.07) is 3.75. The highest BCUT2D eigenvalue weighted by Gasteiger charge is 2.14. The molecule has 0 fully saturated rings. The van der Waals surface area contributed by atoms with Gasteiger partial charge in [-0.2, -0.15) is 10.4 Å². The highest BCUT2D eigenvalue weighted by atomic mass is 79.9. The van der Waals surface area contributed by atoms with Gasteiger partial charge in [-0.25, -0.2) is 4.52 Å². The third kappa shape index (κ3) is 1.46. The molecule has 2 aromatic rings. The van der Waals surface area contributed by atoms with Crippen LogP contribution in [0.15, 0.2) is 16.7 Å². The number of halogens is 2. The van der Waals surface area contributed by atoms with Crippen molar-refractivity contribution >= 4 is 33.0 Å². The molecule has 0 amide bonds. The molecule has 0 unspecified atom stereocenters. The summed E-state index contributed by atoms with van der Waals surface area (Å²) in [7, 11) is 1.52. The van der Waals surface area contributed by atoms with Gasteiger partial charge in [0.15, 0.2) is 10.9 Å². The summed E-state index contributed by atoms with van der Waals surface area (Å²) in [6.45, 7) is 0. The molecule has 2 rings (SSSR count). The van der Waals surface area contributed by atoms with E-state index in [2.05, 4.69) is 21.0 Å². The Hall–Kier alpha value is -1.25. The van der Waals surface area contributed by atoms with Gasteiger partial charge in [0.1, 0.15) is 11.6 Å². The van der Waals surface area contributed by atoms with Crippen molar-refractivity contribution < 1.29 is 4.74 Å². The van der Waals surface area contributed by atoms with Crippen molar-refractivity contribution in [1.29, 1.82) is 5.26 Å². The lowest BCUT2D eigenvalue weighted by atomic mass is 10.3. The molecular weight excluding hydrogens is 281 g/mol. The third-order valence-electron chi connectivity index (χ3n) is 1.98. The summed E-state index contributed by atoms with van der Waals surface area (Å²) in [5, 5.41) is 13.2. The molecule has 0 bridgehead atoms. The summed E-state index contributed by atoms with van der Waals surface area (Å²) >= 11 is 9.37. The molecular formula is C9H5BrClN3O. The lowest BCUT2D eigenvalue weighted by Crippen LogP contribution is -1.94. The summed E-state index contributed by atoms with van der Waals surface area (Å²) in [5.41, 5.74) is 1.11. The molecule has 0 N–H and O–H groups in total. The highest BCUT2D eigenvalue weighted by molar-refractivity contribution is 9.10. The van der Waals surface area contributed by atoms with Crippen molar-refractivity contribution in [2.45, 2.75) is 0 Å². The van der Waals surface area contributed by atoms with Crippen molar-refractivity contribution in [2.75, 3.05) is 7.11 Å². The molecule has 15 heavy (non-hydrogen) atoms. The van der Waals surface area contributed by atoms with Crippen LogP contribution in [-0.4, -0.2) is 16.7 Å². The molecule has 0 aliphatic heterocycles. The van der Waals surface area contributed by atoms with Crippen molar-refractivity contribution in [3.63, 3.8) is 0 Å². The standard InChI is InChI=1S/C9H5BrClN3O/c1-15-7-2-6(10)8-5(3-12)4-13-14(8)9(7)11/h2,4H,1H3. The van der Waals surface area contributed by atoms with E-state index in [0.717, 1.165) is 4.47 Å². The molecule has 0 atom stereocenters. The lowest BCUT2D eigenvalue weighted by Gasteiger charge is -2.06. The number of ether oxygens (including phenoxy) is 1. The van der Waals surface area contributed by atoms with E-state index in [9.17, 15) is 0 Å². The molecule has 0 saturated heterocycles. The fourth-order valence-corrected chi connectivity index (χ4v) is 2.15. The first-order valence-corrected chi connectivity index (χ1v) is 5.16. The van der Waals surface area contributed by atoms with Crippen LogP contribution in [0, 0.1) is 11.3 Å². The predicted molar refractivity (Wildman–Crippen MR) is 59.2 cm³/mol. The first-order valence-electron chi connectivity index (χ1n) is 3.99. The van der Waals surface area contributed by atoms with E-state index in [4.69, 9.17) is 21.6 Å². The average molecular weight is 287 g/mol. The van der Waals surface area contributed by atoms with E-state index in [0.29, 0.717) is 22.0 Å². The highest BCUT2D eigenvalue weighted by Crippen LogP contribution is 2.32. The van der Waals surface area contributed by atoms with Crippen LogP contribution in [-0.2, 0) is 0 Å². The van der Waals surface area contributed by atoms with E-state index >= 15 is 0 Å². The number of rotatable bonds is 1. The zero-order valence-electron chi connectivity index (χ0n) is 7.66. The van der Waals surface area contributed by atoms with Crippen LogP contribution in [0.25, 0.3) is 5.52 Å². The number of methoxy groups -OCH3 is 1. The van der Waals surface area contributed by atoms with Crippen LogP contribution in [0.4, 0.5) is 0 Å². The smallest absolute Gasteiger partial charge is 0.173 e. The largest absolute Gasteiger partial charge is 0.493 e. The Balaban J connectivity index is 2.90. The van der Waals surface area contributed by atoms with Crippen molar-refractivity contribution in [3.8, 4) is 11.8 Å². The number of pyridine rings is 1. The van der Waals surface area contributed by atoms with Gasteiger partial charge in [0.05, 0.1) is 18.9 Å². The predicted octanol–water partition coefficient (Wildman–Crippen LogP) is 2.63. The third-order valence-corrected chi connectivity index (χ3v) is 2.93. The van der Waals surface area contributed by atoms with Gasteiger partial charge in [0.2, 0.25) is 0 Å². The topological polar surface area (TPSA) is 50.3 Å². The van der Waals surface area contributed by atoms with Crippen LogP contribution in [0.3, 0.4) is 0 Å². The SMILES string of the molecule is COc1cc(Br)c2c(C#N)cnn2c1Cl. The summed E-state index contributed by atoms with van der Waals surface area (Å²) in [4.78, 5) is 0. The van der Waals surface area contributed by atoms with Crippen LogP contribution >= 0.6 is 27.5 Å². The molecule has 6 heteroatoms. The fraction of sp³-hybridized carbons (Fsp3) is 0.111. The normalized spacial score (nSPS) is 10.3. The van der Waals surface area contributed by atoms with Gasteiger partial charge in [0, 0.05) is 4.47 Å². The molecule has 2 heterocycles. The lowest BCUT2D eigenvalue weighted by molar-refractivity contribution is 0.411. The zero-order chi connectivity index (χ0) is 11.0. The van der Waals surface area contributed by atoms with Crippen LogP contribution < -0.4 is 4.74 Å². The van der Waals surface area contributed by atoms with E-state index in [1.165, 1.54) is 17.8 Å². The number of hydrogen-bond acceptors (Lipinski definition) is 3. The van der Waals surface area contributed by atoms with Gasteiger partial charge in [-0.15, -0.1) is 0 Å². The Labute approximate surface area is 99.1 Å². The van der Waals surface area contributed by atoms with Crippen molar-refractivity contribution in [2.24, 2.45) is 0 Å². The maximum Gasteiger partial charge on any atom is 0.173 e. The molecule has 0 aliphatic carbocycles. The van der Waals surface area contributed by atoms with E-state index in [1.807, 2.05) is 6.07 Å². The molecule has 0 radical (unpaired) electrons. The Bertz CT molecular complexity index is 573. The second-order valence-corrected chi connectivity index (χ2v) is 3.99. The molecule has 4 nitrogen and oxygen atoms in total. The minimum Gasteiger partial charge on any atom is -0.493 e. The monoisotopic (exact) mass is 285 g/mol. The Kier molecular flexibility index (Phi) is 2.55. The van der Waals surface area contributed by atoms with Gasteiger partial charge in [0.25, 0.3) is 0 Å². The number of nitriles is 1. The van der Waals surface area contributed by atoms with Crippen LogP contribution in [0.5, 0.6) is 5.75 Å².